The highest BCUT2D eigenvalue weighted by Gasteiger charge is 2.10. The normalized spacial score (nSPS) is 11.0. The van der Waals surface area contributed by atoms with Crippen molar-refractivity contribution in [2.45, 2.75) is 20.0 Å². The standard InChI is InChI=1S/C23H20N2O/c1-18-14-21(16-24)12-13-22(18)23(15-19-8-4-2-5-9-19)25-26-17-20-10-6-3-7-11-20/h2-14H,15,17H2,1H3/b25-23+. The highest BCUT2D eigenvalue weighted by Crippen LogP contribution is 2.16. The first kappa shape index (κ1) is 17.4. The molecule has 0 saturated heterocycles. The summed E-state index contributed by atoms with van der Waals surface area (Å²) in [4.78, 5) is 5.64. The first-order valence-electron chi connectivity index (χ1n) is 8.54. The molecule has 0 aliphatic rings. The summed E-state index contributed by atoms with van der Waals surface area (Å²) < 4.78 is 0. The number of oxime groups is 1. The van der Waals surface area contributed by atoms with E-state index in [1.807, 2.05) is 73.7 Å². The zero-order chi connectivity index (χ0) is 18.2. The van der Waals surface area contributed by atoms with Crippen LogP contribution in [-0.2, 0) is 17.9 Å². The van der Waals surface area contributed by atoms with Crippen LogP contribution in [0.2, 0.25) is 0 Å². The quantitative estimate of drug-likeness (QED) is 0.466. The third-order valence-electron chi connectivity index (χ3n) is 4.13. The van der Waals surface area contributed by atoms with Crippen LogP contribution in [0, 0.1) is 18.3 Å². The lowest BCUT2D eigenvalue weighted by molar-refractivity contribution is 0.130. The topological polar surface area (TPSA) is 45.4 Å². The molecule has 0 atom stereocenters. The third kappa shape index (κ3) is 4.58. The van der Waals surface area contributed by atoms with Gasteiger partial charge in [-0.2, -0.15) is 5.26 Å². The van der Waals surface area contributed by atoms with E-state index in [4.69, 9.17) is 10.1 Å². The van der Waals surface area contributed by atoms with E-state index in [1.54, 1.807) is 0 Å². The molecule has 0 spiro atoms. The Kier molecular flexibility index (Phi) is 5.80. The van der Waals surface area contributed by atoms with Crippen molar-refractivity contribution in [2.24, 2.45) is 5.16 Å². The molecule has 0 saturated carbocycles. The summed E-state index contributed by atoms with van der Waals surface area (Å²) in [6, 6.07) is 28.0. The molecular weight excluding hydrogens is 320 g/mol. The lowest BCUT2D eigenvalue weighted by Crippen LogP contribution is -2.09. The molecule has 3 aromatic carbocycles. The molecule has 0 radical (unpaired) electrons. The second-order valence-electron chi connectivity index (χ2n) is 6.10. The molecule has 3 rings (SSSR count). The second-order valence-corrected chi connectivity index (χ2v) is 6.10. The minimum absolute atomic E-state index is 0.425. The Morgan fingerprint density at radius 2 is 1.58 bits per heavy atom. The molecule has 0 bridgehead atoms. The summed E-state index contributed by atoms with van der Waals surface area (Å²) in [5, 5.41) is 13.5. The van der Waals surface area contributed by atoms with Crippen molar-refractivity contribution in [1.82, 2.24) is 0 Å². The molecule has 0 N–H and O–H groups in total. The zero-order valence-electron chi connectivity index (χ0n) is 14.7. The van der Waals surface area contributed by atoms with Crippen LogP contribution in [-0.4, -0.2) is 5.71 Å². The number of hydrogen-bond donors (Lipinski definition) is 0. The van der Waals surface area contributed by atoms with Gasteiger partial charge in [-0.05, 0) is 35.7 Å². The fraction of sp³-hybridized carbons (Fsp3) is 0.130. The van der Waals surface area contributed by atoms with Crippen molar-refractivity contribution < 1.29 is 4.84 Å². The van der Waals surface area contributed by atoms with Crippen LogP contribution in [0.5, 0.6) is 0 Å². The van der Waals surface area contributed by atoms with Crippen LogP contribution in [0.1, 0.15) is 27.8 Å². The van der Waals surface area contributed by atoms with Crippen molar-refractivity contribution >= 4 is 5.71 Å². The molecule has 0 aromatic heterocycles. The second kappa shape index (κ2) is 8.64. The summed E-state index contributed by atoms with van der Waals surface area (Å²) in [5.74, 6) is 0. The molecule has 3 aromatic rings. The van der Waals surface area contributed by atoms with Gasteiger partial charge in [-0.15, -0.1) is 0 Å². The van der Waals surface area contributed by atoms with Crippen LogP contribution in [0.15, 0.2) is 84.0 Å². The fourth-order valence-corrected chi connectivity index (χ4v) is 2.78. The average Bonchev–Trinajstić information content (AvgIpc) is 2.69. The van der Waals surface area contributed by atoms with E-state index in [0.29, 0.717) is 18.6 Å². The average molecular weight is 340 g/mol. The molecule has 0 aliphatic heterocycles. The number of nitrogens with zero attached hydrogens (tertiary/aromatic N) is 2. The Morgan fingerprint density at radius 1 is 0.923 bits per heavy atom. The van der Waals surface area contributed by atoms with E-state index >= 15 is 0 Å². The Bertz CT molecular complexity index is 925. The van der Waals surface area contributed by atoms with Crippen molar-refractivity contribution in [3.8, 4) is 6.07 Å². The number of rotatable bonds is 6. The molecule has 0 aliphatic carbocycles. The molecule has 0 unspecified atom stereocenters. The Hall–Kier alpha value is -3.38. The van der Waals surface area contributed by atoms with Gasteiger partial charge in [-0.25, -0.2) is 0 Å². The smallest absolute Gasteiger partial charge is 0.142 e. The first-order chi connectivity index (χ1) is 12.8. The summed E-state index contributed by atoms with van der Waals surface area (Å²) in [7, 11) is 0. The number of aryl methyl sites for hydroxylation is 1. The van der Waals surface area contributed by atoms with E-state index in [0.717, 1.165) is 22.4 Å². The van der Waals surface area contributed by atoms with E-state index in [9.17, 15) is 0 Å². The highest BCUT2D eigenvalue weighted by molar-refractivity contribution is 6.02. The summed E-state index contributed by atoms with van der Waals surface area (Å²) >= 11 is 0. The monoisotopic (exact) mass is 340 g/mol. The van der Waals surface area contributed by atoms with E-state index in [1.165, 1.54) is 5.56 Å². The number of nitriles is 1. The maximum Gasteiger partial charge on any atom is 0.142 e. The minimum atomic E-state index is 0.425. The van der Waals surface area contributed by atoms with Gasteiger partial charge in [0, 0.05) is 12.0 Å². The highest BCUT2D eigenvalue weighted by atomic mass is 16.6. The van der Waals surface area contributed by atoms with Crippen LogP contribution in [0.25, 0.3) is 0 Å². The summed E-state index contributed by atoms with van der Waals surface area (Å²) in [6.07, 6.45) is 0.669. The van der Waals surface area contributed by atoms with Gasteiger partial charge in [0.1, 0.15) is 6.61 Å². The maximum absolute atomic E-state index is 9.09. The molecular formula is C23H20N2O. The van der Waals surface area contributed by atoms with Crippen molar-refractivity contribution in [1.29, 1.82) is 5.26 Å². The number of benzene rings is 3. The van der Waals surface area contributed by atoms with E-state index in [-0.39, 0.29) is 0 Å². The molecule has 128 valence electrons. The Labute approximate surface area is 154 Å². The SMILES string of the molecule is Cc1cc(C#N)ccc1/C(Cc1ccccc1)=N/OCc1ccccc1. The van der Waals surface area contributed by atoms with Gasteiger partial charge in [0.15, 0.2) is 0 Å². The fourth-order valence-electron chi connectivity index (χ4n) is 2.78. The molecule has 0 fully saturated rings. The van der Waals surface area contributed by atoms with Crippen LogP contribution in [0.3, 0.4) is 0 Å². The summed E-state index contributed by atoms with van der Waals surface area (Å²) in [6.45, 7) is 2.42. The largest absolute Gasteiger partial charge is 0.391 e. The zero-order valence-corrected chi connectivity index (χ0v) is 14.7. The predicted octanol–water partition coefficient (Wildman–Crippen LogP) is 5.03. The van der Waals surface area contributed by atoms with E-state index < -0.39 is 0 Å². The molecule has 3 nitrogen and oxygen atoms in total. The lowest BCUT2D eigenvalue weighted by Gasteiger charge is -2.11. The molecule has 3 heteroatoms. The molecule has 0 amide bonds. The van der Waals surface area contributed by atoms with Crippen LogP contribution in [0.4, 0.5) is 0 Å². The molecule has 26 heavy (non-hydrogen) atoms. The van der Waals surface area contributed by atoms with Crippen LogP contribution < -0.4 is 0 Å². The summed E-state index contributed by atoms with van der Waals surface area (Å²) in [5.41, 5.74) is 5.76. The Balaban J connectivity index is 1.86. The van der Waals surface area contributed by atoms with Crippen LogP contribution >= 0.6 is 0 Å². The third-order valence-corrected chi connectivity index (χ3v) is 4.13. The van der Waals surface area contributed by atoms with Gasteiger partial charge < -0.3 is 4.84 Å². The first-order valence-corrected chi connectivity index (χ1v) is 8.54. The van der Waals surface area contributed by atoms with Gasteiger partial charge >= 0.3 is 0 Å². The van der Waals surface area contributed by atoms with Crippen molar-refractivity contribution in [3.05, 3.63) is 107 Å². The van der Waals surface area contributed by atoms with Gasteiger partial charge in [-0.1, -0.05) is 71.9 Å². The van der Waals surface area contributed by atoms with Crippen molar-refractivity contribution in [2.75, 3.05) is 0 Å². The predicted molar refractivity (Wildman–Crippen MR) is 104 cm³/mol. The number of hydrogen-bond acceptors (Lipinski definition) is 3. The van der Waals surface area contributed by atoms with Gasteiger partial charge in [0.25, 0.3) is 0 Å². The van der Waals surface area contributed by atoms with Gasteiger partial charge in [-0.3, -0.25) is 0 Å². The van der Waals surface area contributed by atoms with Gasteiger partial charge in [0.05, 0.1) is 17.3 Å². The van der Waals surface area contributed by atoms with E-state index in [2.05, 4.69) is 23.4 Å². The minimum Gasteiger partial charge on any atom is -0.391 e. The Morgan fingerprint density at radius 3 is 2.19 bits per heavy atom. The van der Waals surface area contributed by atoms with Gasteiger partial charge in [0.2, 0.25) is 0 Å². The molecule has 0 heterocycles. The lowest BCUT2D eigenvalue weighted by atomic mass is 9.97. The maximum atomic E-state index is 9.09. The van der Waals surface area contributed by atoms with Crippen molar-refractivity contribution in [3.63, 3.8) is 0 Å².